The van der Waals surface area contributed by atoms with Crippen LogP contribution in [0.25, 0.3) is 0 Å². The standard InChI is InChI=1S/C13H18F2N2/c1-13(2)7-10(13)12(17-16)5-8-3-4-9(14)6-11(8)15/h3-4,6,10,12,17H,5,7,16H2,1-2H3. The summed E-state index contributed by atoms with van der Waals surface area (Å²) in [5, 5.41) is 0. The van der Waals surface area contributed by atoms with Gasteiger partial charge in [-0.25, -0.2) is 8.78 Å². The Morgan fingerprint density at radius 3 is 2.59 bits per heavy atom. The lowest BCUT2D eigenvalue weighted by Gasteiger charge is -2.18. The third-order valence-electron chi connectivity index (χ3n) is 3.74. The van der Waals surface area contributed by atoms with Crippen molar-refractivity contribution in [1.29, 1.82) is 0 Å². The predicted molar refractivity (Wildman–Crippen MR) is 63.1 cm³/mol. The third-order valence-corrected chi connectivity index (χ3v) is 3.74. The Bertz CT molecular complexity index is 418. The lowest BCUT2D eigenvalue weighted by molar-refractivity contribution is 0.403. The summed E-state index contributed by atoms with van der Waals surface area (Å²) in [7, 11) is 0. The minimum absolute atomic E-state index is 0.0463. The molecule has 0 radical (unpaired) electrons. The zero-order chi connectivity index (χ0) is 12.6. The summed E-state index contributed by atoms with van der Waals surface area (Å²) in [5.74, 6) is 4.93. The SMILES string of the molecule is CC1(C)CC1C(Cc1ccc(F)cc1F)NN. The number of benzene rings is 1. The van der Waals surface area contributed by atoms with Crippen molar-refractivity contribution >= 4 is 0 Å². The molecular formula is C13H18F2N2. The van der Waals surface area contributed by atoms with E-state index in [1.165, 1.54) is 12.1 Å². The molecule has 2 atom stereocenters. The van der Waals surface area contributed by atoms with Gasteiger partial charge in [-0.2, -0.15) is 0 Å². The van der Waals surface area contributed by atoms with Crippen molar-refractivity contribution in [2.75, 3.05) is 0 Å². The molecule has 2 unspecified atom stereocenters. The number of nitrogens with two attached hydrogens (primary N) is 1. The maximum Gasteiger partial charge on any atom is 0.129 e. The molecule has 1 aliphatic carbocycles. The fourth-order valence-corrected chi connectivity index (χ4v) is 2.44. The van der Waals surface area contributed by atoms with Crippen LogP contribution in [0.4, 0.5) is 8.78 Å². The lowest BCUT2D eigenvalue weighted by Crippen LogP contribution is -2.39. The average Bonchev–Trinajstić information content (AvgIpc) is 2.86. The molecule has 0 spiro atoms. The van der Waals surface area contributed by atoms with E-state index in [0.29, 0.717) is 17.9 Å². The van der Waals surface area contributed by atoms with E-state index >= 15 is 0 Å². The monoisotopic (exact) mass is 240 g/mol. The molecule has 17 heavy (non-hydrogen) atoms. The van der Waals surface area contributed by atoms with Gasteiger partial charge in [0.2, 0.25) is 0 Å². The number of halogens is 2. The van der Waals surface area contributed by atoms with Gasteiger partial charge in [0.05, 0.1) is 0 Å². The van der Waals surface area contributed by atoms with Crippen LogP contribution in [0.3, 0.4) is 0 Å². The van der Waals surface area contributed by atoms with Crippen LogP contribution in [-0.2, 0) is 6.42 Å². The van der Waals surface area contributed by atoms with E-state index in [4.69, 9.17) is 5.84 Å². The summed E-state index contributed by atoms with van der Waals surface area (Å²) < 4.78 is 26.3. The van der Waals surface area contributed by atoms with Gasteiger partial charge in [0, 0.05) is 12.1 Å². The number of hydrazine groups is 1. The van der Waals surface area contributed by atoms with E-state index < -0.39 is 11.6 Å². The molecule has 94 valence electrons. The highest BCUT2D eigenvalue weighted by molar-refractivity contribution is 5.21. The molecule has 1 aliphatic rings. The molecular weight excluding hydrogens is 222 g/mol. The molecule has 0 saturated heterocycles. The van der Waals surface area contributed by atoms with Crippen molar-refractivity contribution in [2.45, 2.75) is 32.7 Å². The molecule has 2 nitrogen and oxygen atoms in total. The van der Waals surface area contributed by atoms with E-state index in [1.54, 1.807) is 0 Å². The van der Waals surface area contributed by atoms with Crippen LogP contribution in [0.2, 0.25) is 0 Å². The van der Waals surface area contributed by atoms with E-state index in [2.05, 4.69) is 19.3 Å². The van der Waals surface area contributed by atoms with Crippen LogP contribution < -0.4 is 11.3 Å². The van der Waals surface area contributed by atoms with Gasteiger partial charge >= 0.3 is 0 Å². The van der Waals surface area contributed by atoms with Crippen molar-refractivity contribution in [3.05, 3.63) is 35.4 Å². The minimum atomic E-state index is -0.546. The van der Waals surface area contributed by atoms with Crippen molar-refractivity contribution in [3.63, 3.8) is 0 Å². The maximum absolute atomic E-state index is 13.5. The maximum atomic E-state index is 13.5. The van der Waals surface area contributed by atoms with Crippen molar-refractivity contribution in [3.8, 4) is 0 Å². The Morgan fingerprint density at radius 1 is 1.47 bits per heavy atom. The second-order valence-electron chi connectivity index (χ2n) is 5.51. The molecule has 1 aromatic carbocycles. The second-order valence-corrected chi connectivity index (χ2v) is 5.51. The number of hydrogen-bond acceptors (Lipinski definition) is 2. The Labute approximate surface area is 100 Å². The van der Waals surface area contributed by atoms with Gasteiger partial charge in [0.25, 0.3) is 0 Å². The molecule has 0 bridgehead atoms. The fraction of sp³-hybridized carbons (Fsp3) is 0.538. The average molecular weight is 240 g/mol. The Kier molecular flexibility index (Phi) is 3.19. The summed E-state index contributed by atoms with van der Waals surface area (Å²) in [6, 6.07) is 3.74. The highest BCUT2D eigenvalue weighted by Crippen LogP contribution is 2.53. The quantitative estimate of drug-likeness (QED) is 0.626. The van der Waals surface area contributed by atoms with E-state index in [9.17, 15) is 8.78 Å². The first-order valence-corrected chi connectivity index (χ1v) is 5.84. The van der Waals surface area contributed by atoms with Gasteiger partial charge in [-0.3, -0.25) is 11.3 Å². The van der Waals surface area contributed by atoms with Gasteiger partial charge in [-0.15, -0.1) is 0 Å². The first-order valence-electron chi connectivity index (χ1n) is 5.84. The zero-order valence-corrected chi connectivity index (χ0v) is 10.1. The summed E-state index contributed by atoms with van der Waals surface area (Å²) in [6.45, 7) is 4.34. The first kappa shape index (κ1) is 12.5. The van der Waals surface area contributed by atoms with Crippen LogP contribution in [0.1, 0.15) is 25.8 Å². The van der Waals surface area contributed by atoms with Crippen LogP contribution in [0.15, 0.2) is 18.2 Å². The molecule has 3 N–H and O–H groups in total. The van der Waals surface area contributed by atoms with Crippen LogP contribution in [0, 0.1) is 23.0 Å². The normalized spacial score (nSPS) is 23.5. The second kappa shape index (κ2) is 4.35. The Balaban J connectivity index is 2.09. The van der Waals surface area contributed by atoms with Crippen molar-refractivity contribution in [2.24, 2.45) is 17.2 Å². The van der Waals surface area contributed by atoms with Gasteiger partial charge in [0.15, 0.2) is 0 Å². The largest absolute Gasteiger partial charge is 0.271 e. The summed E-state index contributed by atoms with van der Waals surface area (Å²) in [4.78, 5) is 0. The molecule has 0 heterocycles. The molecule has 0 amide bonds. The molecule has 1 aromatic rings. The van der Waals surface area contributed by atoms with Crippen LogP contribution >= 0.6 is 0 Å². The Morgan fingerprint density at radius 2 is 2.12 bits per heavy atom. The van der Waals surface area contributed by atoms with E-state index in [-0.39, 0.29) is 11.5 Å². The third kappa shape index (κ3) is 2.64. The highest BCUT2D eigenvalue weighted by atomic mass is 19.1. The number of rotatable bonds is 4. The lowest BCUT2D eigenvalue weighted by atomic mass is 9.97. The zero-order valence-electron chi connectivity index (χ0n) is 10.1. The molecule has 1 saturated carbocycles. The smallest absolute Gasteiger partial charge is 0.129 e. The molecule has 0 aliphatic heterocycles. The van der Waals surface area contributed by atoms with Gasteiger partial charge < -0.3 is 0 Å². The molecule has 4 heteroatoms. The molecule has 1 fully saturated rings. The van der Waals surface area contributed by atoms with Crippen molar-refractivity contribution in [1.82, 2.24) is 5.43 Å². The number of nitrogens with one attached hydrogen (secondary N) is 1. The van der Waals surface area contributed by atoms with Crippen LogP contribution in [0.5, 0.6) is 0 Å². The van der Waals surface area contributed by atoms with Gasteiger partial charge in [-0.05, 0) is 35.8 Å². The Hall–Kier alpha value is -1.00. The van der Waals surface area contributed by atoms with Gasteiger partial charge in [-0.1, -0.05) is 19.9 Å². The van der Waals surface area contributed by atoms with Gasteiger partial charge in [0.1, 0.15) is 11.6 Å². The molecule has 2 rings (SSSR count). The number of hydrogen-bond donors (Lipinski definition) is 2. The molecule has 0 aromatic heterocycles. The summed E-state index contributed by atoms with van der Waals surface area (Å²) >= 11 is 0. The topological polar surface area (TPSA) is 38.0 Å². The predicted octanol–water partition coefficient (Wildman–Crippen LogP) is 2.39. The highest BCUT2D eigenvalue weighted by Gasteiger charge is 2.49. The fourth-order valence-electron chi connectivity index (χ4n) is 2.44. The van der Waals surface area contributed by atoms with Crippen molar-refractivity contribution < 1.29 is 8.78 Å². The van der Waals surface area contributed by atoms with Crippen LogP contribution in [-0.4, -0.2) is 6.04 Å². The first-order chi connectivity index (χ1) is 7.94. The van der Waals surface area contributed by atoms with E-state index in [0.717, 1.165) is 12.5 Å². The summed E-state index contributed by atoms with van der Waals surface area (Å²) in [6.07, 6.45) is 1.58. The van der Waals surface area contributed by atoms with E-state index in [1.807, 2.05) is 0 Å². The minimum Gasteiger partial charge on any atom is -0.271 e. The summed E-state index contributed by atoms with van der Waals surface area (Å²) in [5.41, 5.74) is 3.53.